The molecule has 1 atom stereocenters. The topological polar surface area (TPSA) is 32.3 Å². The number of phenolic OH excluding ortho intramolecular Hbond substituents is 1. The van der Waals surface area contributed by atoms with Crippen molar-refractivity contribution in [3.05, 3.63) is 29.8 Å². The molecule has 0 fully saturated rings. The first kappa shape index (κ1) is 12.0. The Hall–Kier alpha value is -1.06. The number of hydrogen-bond acceptors (Lipinski definition) is 2. The molecule has 0 radical (unpaired) electrons. The van der Waals surface area contributed by atoms with Gasteiger partial charge in [-0.25, -0.2) is 0 Å². The van der Waals surface area contributed by atoms with E-state index in [1.54, 1.807) is 6.07 Å². The molecule has 2 N–H and O–H groups in total. The van der Waals surface area contributed by atoms with Crippen LogP contribution in [0.1, 0.15) is 12.5 Å². The Kier molecular flexibility index (Phi) is 3.07. The van der Waals surface area contributed by atoms with E-state index in [1.807, 2.05) is 25.2 Å². The van der Waals surface area contributed by atoms with Crippen LogP contribution in [0.4, 0.5) is 0 Å². The molecule has 0 aliphatic heterocycles. The summed E-state index contributed by atoms with van der Waals surface area (Å²) in [4.78, 5) is 0. The molecular weight excluding hydrogens is 188 g/mol. The van der Waals surface area contributed by atoms with Crippen LogP contribution in [0.25, 0.3) is 0 Å². The van der Waals surface area contributed by atoms with Gasteiger partial charge in [-0.15, -0.1) is 0 Å². The van der Waals surface area contributed by atoms with Crippen molar-refractivity contribution in [2.24, 2.45) is 0 Å². The lowest BCUT2D eigenvalue weighted by Gasteiger charge is -2.43. The van der Waals surface area contributed by atoms with Crippen LogP contribution in [-0.4, -0.2) is 37.8 Å². The summed E-state index contributed by atoms with van der Waals surface area (Å²) in [6.07, 6.45) is 0. The first-order valence-electron chi connectivity index (χ1n) is 5.12. The molecule has 0 bridgehead atoms. The first-order valence-corrected chi connectivity index (χ1v) is 5.12. The molecule has 0 saturated heterocycles. The van der Waals surface area contributed by atoms with Gasteiger partial charge >= 0.3 is 0 Å². The average molecular weight is 209 g/mol. The summed E-state index contributed by atoms with van der Waals surface area (Å²) in [5.41, 5.74) is 0.616. The molecular formula is C12H21N2O+. The SMILES string of the molecule is CNC(C)(c1ccccc1O)[N+](C)(C)C. The van der Waals surface area contributed by atoms with E-state index in [9.17, 15) is 5.11 Å². The van der Waals surface area contributed by atoms with Gasteiger partial charge in [0.15, 0.2) is 5.66 Å². The van der Waals surface area contributed by atoms with Gasteiger partial charge in [0.2, 0.25) is 0 Å². The molecule has 0 aliphatic carbocycles. The van der Waals surface area contributed by atoms with E-state index < -0.39 is 0 Å². The third-order valence-corrected chi connectivity index (χ3v) is 3.26. The Morgan fingerprint density at radius 1 is 1.20 bits per heavy atom. The van der Waals surface area contributed by atoms with Crippen LogP contribution in [0.2, 0.25) is 0 Å². The van der Waals surface area contributed by atoms with E-state index in [2.05, 4.69) is 33.4 Å². The van der Waals surface area contributed by atoms with E-state index in [1.165, 1.54) is 0 Å². The molecule has 1 aromatic rings. The van der Waals surface area contributed by atoms with Crippen molar-refractivity contribution in [1.82, 2.24) is 5.32 Å². The lowest BCUT2D eigenvalue weighted by molar-refractivity contribution is -0.933. The number of rotatable bonds is 3. The minimum Gasteiger partial charge on any atom is -0.507 e. The smallest absolute Gasteiger partial charge is 0.179 e. The van der Waals surface area contributed by atoms with Crippen LogP contribution in [0, 0.1) is 0 Å². The largest absolute Gasteiger partial charge is 0.507 e. The fraction of sp³-hybridized carbons (Fsp3) is 0.500. The minimum atomic E-state index is -0.300. The average Bonchev–Trinajstić information content (AvgIpc) is 2.15. The summed E-state index contributed by atoms with van der Waals surface area (Å²) in [6.45, 7) is 2.09. The molecule has 15 heavy (non-hydrogen) atoms. The van der Waals surface area contributed by atoms with Gasteiger partial charge in [0.1, 0.15) is 5.75 Å². The lowest BCUT2D eigenvalue weighted by atomic mass is 9.97. The molecule has 1 rings (SSSR count). The summed E-state index contributed by atoms with van der Waals surface area (Å²) >= 11 is 0. The first-order chi connectivity index (χ1) is 6.83. The number of phenols is 1. The zero-order valence-electron chi connectivity index (χ0n) is 10.2. The molecule has 1 unspecified atom stereocenters. The third-order valence-electron chi connectivity index (χ3n) is 3.26. The van der Waals surface area contributed by atoms with Crippen LogP contribution in [-0.2, 0) is 5.66 Å². The van der Waals surface area contributed by atoms with Gasteiger partial charge in [0.25, 0.3) is 0 Å². The van der Waals surface area contributed by atoms with Gasteiger partial charge in [-0.3, -0.25) is 5.32 Å². The number of nitrogens with zero attached hydrogens (tertiary/aromatic N) is 1. The van der Waals surface area contributed by atoms with Crippen molar-refractivity contribution in [3.8, 4) is 5.75 Å². The molecule has 0 heterocycles. The standard InChI is InChI=1S/C12H20N2O/c1-12(13-2,14(3,4)5)10-8-6-7-9-11(10)15/h6-9,13H,1-5H3/p+1. The molecule has 0 spiro atoms. The molecule has 0 amide bonds. The van der Waals surface area contributed by atoms with Crippen LogP contribution >= 0.6 is 0 Å². The Morgan fingerprint density at radius 3 is 2.13 bits per heavy atom. The number of hydrogen-bond donors (Lipinski definition) is 2. The normalized spacial score (nSPS) is 16.1. The molecule has 3 nitrogen and oxygen atoms in total. The van der Waals surface area contributed by atoms with Gasteiger partial charge in [-0.2, -0.15) is 0 Å². The number of aromatic hydroxyl groups is 1. The van der Waals surface area contributed by atoms with Gasteiger partial charge in [-0.05, 0) is 19.2 Å². The number of para-hydroxylation sites is 1. The Labute approximate surface area is 91.9 Å². The summed E-state index contributed by atoms with van der Waals surface area (Å²) in [6, 6.07) is 7.46. The van der Waals surface area contributed by atoms with Crippen LogP contribution in [0.15, 0.2) is 24.3 Å². The predicted octanol–water partition coefficient (Wildman–Crippen LogP) is 1.49. The maximum absolute atomic E-state index is 9.89. The van der Waals surface area contributed by atoms with Crippen molar-refractivity contribution in [2.45, 2.75) is 12.6 Å². The number of quaternary nitrogens is 1. The van der Waals surface area contributed by atoms with Crippen molar-refractivity contribution in [3.63, 3.8) is 0 Å². The Bertz CT molecular complexity index is 344. The third kappa shape index (κ3) is 1.98. The van der Waals surface area contributed by atoms with Crippen molar-refractivity contribution < 1.29 is 9.59 Å². The van der Waals surface area contributed by atoms with E-state index in [-0.39, 0.29) is 5.66 Å². The van der Waals surface area contributed by atoms with E-state index >= 15 is 0 Å². The van der Waals surface area contributed by atoms with Gasteiger partial charge < -0.3 is 9.59 Å². The molecule has 0 aliphatic rings. The molecule has 1 aromatic carbocycles. The number of nitrogens with one attached hydrogen (secondary N) is 1. The van der Waals surface area contributed by atoms with Gasteiger partial charge in [0, 0.05) is 6.92 Å². The van der Waals surface area contributed by atoms with Gasteiger partial charge in [-0.1, -0.05) is 12.1 Å². The second-order valence-electron chi connectivity index (χ2n) is 4.85. The summed E-state index contributed by atoms with van der Waals surface area (Å²) in [7, 11) is 8.21. The van der Waals surface area contributed by atoms with Gasteiger partial charge in [0.05, 0.1) is 26.7 Å². The molecule has 0 saturated carbocycles. The highest BCUT2D eigenvalue weighted by atomic mass is 16.3. The van der Waals surface area contributed by atoms with Crippen LogP contribution in [0.3, 0.4) is 0 Å². The molecule has 3 heteroatoms. The Balaban J connectivity index is 3.30. The summed E-state index contributed by atoms with van der Waals surface area (Å²) in [5, 5.41) is 13.2. The van der Waals surface area contributed by atoms with E-state index in [0.717, 1.165) is 5.56 Å². The van der Waals surface area contributed by atoms with Crippen molar-refractivity contribution in [2.75, 3.05) is 28.2 Å². The minimum absolute atomic E-state index is 0.300. The number of benzene rings is 1. The van der Waals surface area contributed by atoms with Crippen LogP contribution < -0.4 is 5.32 Å². The summed E-state index contributed by atoms with van der Waals surface area (Å²) in [5.74, 6) is 0.336. The monoisotopic (exact) mass is 209 g/mol. The highest BCUT2D eigenvalue weighted by Crippen LogP contribution is 2.33. The van der Waals surface area contributed by atoms with E-state index in [4.69, 9.17) is 0 Å². The molecule has 0 aromatic heterocycles. The van der Waals surface area contributed by atoms with Crippen LogP contribution in [0.5, 0.6) is 5.75 Å². The fourth-order valence-corrected chi connectivity index (χ4v) is 1.72. The molecule has 84 valence electrons. The zero-order valence-corrected chi connectivity index (χ0v) is 10.2. The Morgan fingerprint density at radius 2 is 1.73 bits per heavy atom. The second-order valence-corrected chi connectivity index (χ2v) is 4.85. The highest BCUT2D eigenvalue weighted by Gasteiger charge is 2.40. The summed E-state index contributed by atoms with van der Waals surface area (Å²) < 4.78 is 0.696. The maximum atomic E-state index is 9.89. The van der Waals surface area contributed by atoms with Crippen molar-refractivity contribution >= 4 is 0 Å². The predicted molar refractivity (Wildman–Crippen MR) is 62.6 cm³/mol. The quantitative estimate of drug-likeness (QED) is 0.584. The lowest BCUT2D eigenvalue weighted by Crippen LogP contribution is -2.60. The fourth-order valence-electron chi connectivity index (χ4n) is 1.72. The highest BCUT2D eigenvalue weighted by molar-refractivity contribution is 5.35. The zero-order chi connectivity index (χ0) is 11.7. The maximum Gasteiger partial charge on any atom is 0.179 e. The van der Waals surface area contributed by atoms with E-state index in [0.29, 0.717) is 10.2 Å². The van der Waals surface area contributed by atoms with Crippen molar-refractivity contribution in [1.29, 1.82) is 0 Å². The second kappa shape index (κ2) is 3.83.